The molecule has 0 aromatic carbocycles. The molecule has 2 N–H and O–H groups in total. The van der Waals surface area contributed by atoms with Crippen LogP contribution in [0, 0.1) is 0 Å². The van der Waals surface area contributed by atoms with Crippen molar-refractivity contribution in [3.63, 3.8) is 0 Å². The molecule has 1 aromatic heterocycles. The smallest absolute Gasteiger partial charge is 0.358 e. The van der Waals surface area contributed by atoms with Crippen LogP contribution in [-0.4, -0.2) is 62.6 Å². The molecule has 2 heterocycles. The number of carbonyl (C=O) groups is 2. The summed E-state index contributed by atoms with van der Waals surface area (Å²) in [5.74, 6) is -1.34. The van der Waals surface area contributed by atoms with Crippen LogP contribution in [0.5, 0.6) is 0 Å². The van der Waals surface area contributed by atoms with Gasteiger partial charge in [0.1, 0.15) is 6.54 Å². The highest BCUT2D eigenvalue weighted by Gasteiger charge is 2.23. The number of carboxylic acids is 1. The summed E-state index contributed by atoms with van der Waals surface area (Å²) in [4.78, 5) is 24.8. The lowest BCUT2D eigenvalue weighted by atomic mass is 10.2. The predicted octanol–water partition coefficient (Wildman–Crippen LogP) is -0.423. The van der Waals surface area contributed by atoms with Gasteiger partial charge in [-0.05, 0) is 25.9 Å². The maximum absolute atomic E-state index is 11.8. The van der Waals surface area contributed by atoms with Gasteiger partial charge in [-0.25, -0.2) is 9.48 Å². The van der Waals surface area contributed by atoms with E-state index < -0.39 is 5.97 Å². The van der Waals surface area contributed by atoms with Crippen molar-refractivity contribution in [1.29, 1.82) is 0 Å². The zero-order chi connectivity index (χ0) is 14.5. The number of amides is 1. The zero-order valence-corrected chi connectivity index (χ0v) is 11.4. The van der Waals surface area contributed by atoms with Crippen LogP contribution in [0.2, 0.25) is 0 Å². The lowest BCUT2D eigenvalue weighted by Crippen LogP contribution is -2.41. The second-order valence-corrected chi connectivity index (χ2v) is 4.84. The Bertz CT molecular complexity index is 487. The third-order valence-corrected chi connectivity index (χ3v) is 3.50. The van der Waals surface area contributed by atoms with Crippen LogP contribution in [-0.2, 0) is 11.3 Å². The molecule has 0 radical (unpaired) electrons. The van der Waals surface area contributed by atoms with Gasteiger partial charge in [-0.3, -0.25) is 9.69 Å². The molecule has 110 valence electrons. The van der Waals surface area contributed by atoms with E-state index in [9.17, 15) is 9.59 Å². The Kier molecular flexibility index (Phi) is 4.67. The van der Waals surface area contributed by atoms with Gasteiger partial charge in [-0.2, -0.15) is 0 Å². The summed E-state index contributed by atoms with van der Waals surface area (Å²) in [7, 11) is 0. The molecule has 0 spiro atoms. The normalized spacial score (nSPS) is 19.1. The van der Waals surface area contributed by atoms with Gasteiger partial charge >= 0.3 is 5.97 Å². The Morgan fingerprint density at radius 3 is 3.00 bits per heavy atom. The van der Waals surface area contributed by atoms with Crippen molar-refractivity contribution in [1.82, 2.24) is 25.2 Å². The molecule has 1 aliphatic rings. The van der Waals surface area contributed by atoms with Crippen LogP contribution in [0.4, 0.5) is 0 Å². The molecule has 1 fully saturated rings. The highest BCUT2D eigenvalue weighted by molar-refractivity contribution is 5.84. The molecule has 8 heteroatoms. The summed E-state index contributed by atoms with van der Waals surface area (Å²) in [6, 6.07) is 0.397. The number of hydrogen-bond acceptors (Lipinski definition) is 5. The first-order chi connectivity index (χ1) is 9.60. The number of likely N-dealkylation sites (tertiary alicyclic amines) is 1. The average Bonchev–Trinajstić information content (AvgIpc) is 3.04. The number of nitrogens with one attached hydrogen (secondary N) is 1. The van der Waals surface area contributed by atoms with Crippen LogP contribution < -0.4 is 5.32 Å². The summed E-state index contributed by atoms with van der Waals surface area (Å²) in [5.41, 5.74) is -0.161. The van der Waals surface area contributed by atoms with E-state index in [1.807, 2.05) is 0 Å². The molecule has 0 aliphatic carbocycles. The van der Waals surface area contributed by atoms with E-state index in [4.69, 9.17) is 5.11 Å². The molecule has 0 saturated carbocycles. The van der Waals surface area contributed by atoms with E-state index >= 15 is 0 Å². The number of nitrogens with zero attached hydrogens (tertiary/aromatic N) is 4. The van der Waals surface area contributed by atoms with Gasteiger partial charge in [-0.15, -0.1) is 5.10 Å². The number of hydrogen-bond donors (Lipinski definition) is 2. The summed E-state index contributed by atoms with van der Waals surface area (Å²) in [6.07, 6.45) is 3.51. The third kappa shape index (κ3) is 3.53. The molecule has 2 rings (SSSR count). The molecule has 20 heavy (non-hydrogen) atoms. The number of carbonyl (C=O) groups excluding carboxylic acids is 1. The Morgan fingerprint density at radius 2 is 2.35 bits per heavy atom. The van der Waals surface area contributed by atoms with Crippen molar-refractivity contribution in [2.75, 3.05) is 19.6 Å². The standard InChI is InChI=1S/C12H19N5O3/c1-2-16-5-3-4-9(16)6-13-11(18)8-17-7-10(12(19)20)14-15-17/h7,9H,2-6,8H2,1H3,(H,13,18)(H,19,20). The number of carboxylic acid groups (broad SMARTS) is 1. The molecule has 1 atom stereocenters. The van der Waals surface area contributed by atoms with Crippen molar-refractivity contribution in [2.45, 2.75) is 32.4 Å². The van der Waals surface area contributed by atoms with E-state index in [0.29, 0.717) is 12.6 Å². The van der Waals surface area contributed by atoms with Crippen molar-refractivity contribution in [3.8, 4) is 0 Å². The van der Waals surface area contributed by atoms with Crippen molar-refractivity contribution in [3.05, 3.63) is 11.9 Å². The lowest BCUT2D eigenvalue weighted by Gasteiger charge is -2.22. The molecular weight excluding hydrogens is 262 g/mol. The van der Waals surface area contributed by atoms with Crippen molar-refractivity contribution in [2.24, 2.45) is 0 Å². The fourth-order valence-electron chi connectivity index (χ4n) is 2.45. The Morgan fingerprint density at radius 1 is 1.55 bits per heavy atom. The van der Waals surface area contributed by atoms with Crippen LogP contribution in [0.1, 0.15) is 30.3 Å². The van der Waals surface area contributed by atoms with E-state index in [2.05, 4.69) is 27.5 Å². The van der Waals surface area contributed by atoms with E-state index in [1.54, 1.807) is 0 Å². The van der Waals surface area contributed by atoms with E-state index in [0.717, 1.165) is 19.5 Å². The van der Waals surface area contributed by atoms with Gasteiger partial charge in [0.15, 0.2) is 5.69 Å². The molecule has 1 amide bonds. The number of likely N-dealkylation sites (N-methyl/N-ethyl adjacent to an activating group) is 1. The Balaban J connectivity index is 1.78. The number of rotatable bonds is 6. The minimum absolute atomic E-state index is 0.0148. The first-order valence-electron chi connectivity index (χ1n) is 6.74. The monoisotopic (exact) mass is 281 g/mol. The minimum Gasteiger partial charge on any atom is -0.476 e. The predicted molar refractivity (Wildman–Crippen MR) is 70.3 cm³/mol. The SMILES string of the molecule is CCN1CCCC1CNC(=O)Cn1cc(C(=O)O)nn1. The number of aromatic nitrogens is 3. The quantitative estimate of drug-likeness (QED) is 0.734. The first-order valence-corrected chi connectivity index (χ1v) is 6.74. The van der Waals surface area contributed by atoms with Crippen molar-refractivity contribution >= 4 is 11.9 Å². The summed E-state index contributed by atoms with van der Waals surface area (Å²) in [6.45, 7) is 4.79. The summed E-state index contributed by atoms with van der Waals surface area (Å²) in [5, 5.41) is 18.6. The fourth-order valence-corrected chi connectivity index (χ4v) is 2.45. The van der Waals surface area contributed by atoms with E-state index in [-0.39, 0.29) is 18.1 Å². The molecule has 0 bridgehead atoms. The van der Waals surface area contributed by atoms with Gasteiger partial charge in [-0.1, -0.05) is 12.1 Å². The van der Waals surface area contributed by atoms with Gasteiger partial charge in [0.2, 0.25) is 5.91 Å². The van der Waals surface area contributed by atoms with Gasteiger partial charge < -0.3 is 10.4 Å². The highest BCUT2D eigenvalue weighted by Crippen LogP contribution is 2.15. The van der Waals surface area contributed by atoms with Crippen LogP contribution in [0.25, 0.3) is 0 Å². The largest absolute Gasteiger partial charge is 0.476 e. The van der Waals surface area contributed by atoms with Crippen LogP contribution >= 0.6 is 0 Å². The topological polar surface area (TPSA) is 100 Å². The summed E-state index contributed by atoms with van der Waals surface area (Å²) >= 11 is 0. The molecule has 1 unspecified atom stereocenters. The third-order valence-electron chi connectivity index (χ3n) is 3.50. The minimum atomic E-state index is -1.15. The van der Waals surface area contributed by atoms with Crippen LogP contribution in [0.15, 0.2) is 6.20 Å². The zero-order valence-electron chi connectivity index (χ0n) is 11.4. The van der Waals surface area contributed by atoms with E-state index in [1.165, 1.54) is 17.3 Å². The van der Waals surface area contributed by atoms with Gasteiger partial charge in [0, 0.05) is 12.6 Å². The maximum atomic E-state index is 11.8. The lowest BCUT2D eigenvalue weighted by molar-refractivity contribution is -0.122. The number of aromatic carboxylic acids is 1. The van der Waals surface area contributed by atoms with Gasteiger partial charge in [0.05, 0.1) is 6.20 Å². The Labute approximate surface area is 116 Å². The molecule has 1 saturated heterocycles. The fraction of sp³-hybridized carbons (Fsp3) is 0.667. The highest BCUT2D eigenvalue weighted by atomic mass is 16.4. The molecule has 1 aliphatic heterocycles. The molecule has 8 nitrogen and oxygen atoms in total. The Hall–Kier alpha value is -1.96. The second kappa shape index (κ2) is 6.47. The van der Waals surface area contributed by atoms with Crippen molar-refractivity contribution < 1.29 is 14.7 Å². The summed E-state index contributed by atoms with van der Waals surface area (Å²) < 4.78 is 1.23. The average molecular weight is 281 g/mol. The van der Waals surface area contributed by atoms with Gasteiger partial charge in [0.25, 0.3) is 0 Å². The van der Waals surface area contributed by atoms with Crippen LogP contribution in [0.3, 0.4) is 0 Å². The molecular formula is C12H19N5O3. The first kappa shape index (κ1) is 14.4. The second-order valence-electron chi connectivity index (χ2n) is 4.84. The maximum Gasteiger partial charge on any atom is 0.358 e. The molecule has 1 aromatic rings.